The van der Waals surface area contributed by atoms with Crippen molar-refractivity contribution in [3.8, 4) is 18.0 Å². The van der Waals surface area contributed by atoms with E-state index in [0.29, 0.717) is 38.0 Å². The average molecular weight is 1040 g/mol. The number of aliphatic hydroxyl groups excluding tert-OH is 2. The third-order valence-corrected chi connectivity index (χ3v) is 16.8. The third kappa shape index (κ3) is 13.1. The van der Waals surface area contributed by atoms with Gasteiger partial charge >= 0.3 is 5.97 Å². The number of ether oxygens (including phenoxy) is 6. The fourth-order valence-electron chi connectivity index (χ4n) is 12.1. The minimum atomic E-state index is -1.92. The Labute approximate surface area is 438 Å². The summed E-state index contributed by atoms with van der Waals surface area (Å²) in [6.45, 7) is 16.4. The first-order valence-electron chi connectivity index (χ1n) is 26.4. The quantitative estimate of drug-likeness (QED) is 0.115. The number of rotatable bonds is 15. The van der Waals surface area contributed by atoms with Crippen LogP contribution in [0.1, 0.15) is 118 Å². The zero-order valence-corrected chi connectivity index (χ0v) is 46.0. The van der Waals surface area contributed by atoms with Gasteiger partial charge in [0.05, 0.1) is 41.9 Å². The maximum Gasteiger partial charge on any atom is 0.309 e. The summed E-state index contributed by atoms with van der Waals surface area (Å²) < 4.78 is 56.6. The van der Waals surface area contributed by atoms with Gasteiger partial charge in [-0.1, -0.05) is 51.0 Å². The van der Waals surface area contributed by atoms with Gasteiger partial charge in [-0.3, -0.25) is 4.79 Å². The Morgan fingerprint density at radius 3 is 2.34 bits per heavy atom. The lowest BCUT2D eigenvalue weighted by atomic mass is 9.68. The van der Waals surface area contributed by atoms with Gasteiger partial charge in [0.15, 0.2) is 11.9 Å². The molecular formula is C55H86FN7O11. The van der Waals surface area contributed by atoms with Crippen LogP contribution < -0.4 is 0 Å². The summed E-state index contributed by atoms with van der Waals surface area (Å²) in [5.41, 5.74) is -2.43. The molecule has 1 aromatic carbocycles. The van der Waals surface area contributed by atoms with E-state index in [0.717, 1.165) is 11.3 Å². The maximum atomic E-state index is 14.9. The molecule has 0 aliphatic carbocycles. The molecule has 3 aliphatic rings. The summed E-state index contributed by atoms with van der Waals surface area (Å²) in [6, 6.07) is 6.29. The minimum Gasteiger partial charge on any atom is -0.459 e. The van der Waals surface area contributed by atoms with Crippen molar-refractivity contribution in [2.75, 3.05) is 48.1 Å². The molecule has 6 rings (SSSR count). The van der Waals surface area contributed by atoms with E-state index in [1.165, 1.54) is 18.7 Å². The van der Waals surface area contributed by atoms with Gasteiger partial charge in [0.1, 0.15) is 48.8 Å². The number of likely N-dealkylation sites (N-methyl/N-ethyl adjacent to an activating group) is 2. The van der Waals surface area contributed by atoms with E-state index in [1.807, 2.05) is 74.8 Å². The van der Waals surface area contributed by atoms with Crippen molar-refractivity contribution in [3.63, 3.8) is 0 Å². The highest BCUT2D eigenvalue weighted by atomic mass is 19.1. The highest BCUT2D eigenvalue weighted by Gasteiger charge is 2.55. The number of methoxy groups -OCH3 is 2. The molecule has 2 aromatic heterocycles. The zero-order valence-electron chi connectivity index (χ0n) is 46.0. The Hall–Kier alpha value is -3.91. The van der Waals surface area contributed by atoms with Crippen LogP contribution in [0.5, 0.6) is 0 Å². The number of hydrogen-bond donors (Lipinski definition) is 4. The van der Waals surface area contributed by atoms with Crippen molar-refractivity contribution in [2.24, 2.45) is 23.7 Å². The third-order valence-electron chi connectivity index (χ3n) is 16.8. The highest BCUT2D eigenvalue weighted by molar-refractivity contribution is 5.73. The molecular weight excluding hydrogens is 954 g/mol. The topological polar surface area (TPSA) is 208 Å². The Bertz CT molecular complexity index is 2270. The molecule has 0 amide bonds. The standard InChI is InChI=1S/C55H86FN7O11/c1-15-45-54(10,67)49(64)37(7)61(12)30-33(3)27-55(68,16-2)51(35(5)47(36(6)52(66)73-45)44-28-53(9,70-14)50(65)38(8)72-44)74-46-26-42(25-34(4)71-46)60(11)23-21-40-31-63(59-58-40)43(29-56)48(69-13)39-17-19-41(20-18-39)62-24-22-57-32-62/h2,17-20,22,24,31-38,42-51,64-65,67-68H,15,21,23,25-30H2,1,3-14H3/t33-,34-,35+,36-,37-,38+,42+,43-,44?,45-,46+,47+,48-,49-,50+,51-,53-,54-,55-/m1/s1. The van der Waals surface area contributed by atoms with Gasteiger partial charge in [-0.15, -0.1) is 11.5 Å². The number of aromatic nitrogens is 5. The minimum absolute atomic E-state index is 0.0487. The van der Waals surface area contributed by atoms with Crippen LogP contribution in [0, 0.1) is 36.0 Å². The number of alkyl halides is 1. The molecule has 18 nitrogen and oxygen atoms in total. The fourth-order valence-corrected chi connectivity index (χ4v) is 12.1. The first-order valence-corrected chi connectivity index (χ1v) is 26.4. The van der Waals surface area contributed by atoms with Crippen LogP contribution in [0.4, 0.5) is 4.39 Å². The summed E-state index contributed by atoms with van der Waals surface area (Å²) in [5.74, 6) is -0.594. The molecule has 0 spiro atoms. The number of cyclic esters (lactones) is 1. The number of hydrogen-bond acceptors (Lipinski definition) is 16. The number of carbonyl (C=O) groups is 1. The molecule has 74 heavy (non-hydrogen) atoms. The van der Waals surface area contributed by atoms with Crippen LogP contribution in [-0.4, -0.2) is 187 Å². The number of nitrogens with zero attached hydrogens (tertiary/aromatic N) is 7. The van der Waals surface area contributed by atoms with E-state index in [4.69, 9.17) is 34.8 Å². The number of halogens is 1. The predicted octanol–water partition coefficient (Wildman–Crippen LogP) is 5.11. The Balaban J connectivity index is 1.26. The van der Waals surface area contributed by atoms with E-state index in [1.54, 1.807) is 60.4 Å². The maximum absolute atomic E-state index is 14.9. The van der Waals surface area contributed by atoms with Crippen LogP contribution in [0.25, 0.3) is 5.69 Å². The molecule has 19 heteroatoms. The number of aliphatic hydroxyl groups is 4. The van der Waals surface area contributed by atoms with Crippen LogP contribution >= 0.6 is 0 Å². The summed E-state index contributed by atoms with van der Waals surface area (Å²) in [4.78, 5) is 22.9. The average Bonchev–Trinajstić information content (AvgIpc) is 4.10. The number of esters is 1. The van der Waals surface area contributed by atoms with Gasteiger partial charge in [-0.25, -0.2) is 14.1 Å². The fraction of sp³-hybridized carbons (Fsp3) is 0.745. The van der Waals surface area contributed by atoms with Gasteiger partial charge in [0, 0.05) is 88.9 Å². The van der Waals surface area contributed by atoms with Gasteiger partial charge in [-0.05, 0) is 97.5 Å². The van der Waals surface area contributed by atoms with Crippen molar-refractivity contribution in [1.29, 1.82) is 0 Å². The van der Waals surface area contributed by atoms with Crippen molar-refractivity contribution >= 4 is 5.97 Å². The molecule has 0 bridgehead atoms. The Morgan fingerprint density at radius 2 is 1.73 bits per heavy atom. The lowest BCUT2D eigenvalue weighted by molar-refractivity contribution is -0.270. The second-order valence-electron chi connectivity index (χ2n) is 22.3. The van der Waals surface area contributed by atoms with E-state index in [9.17, 15) is 29.6 Å². The molecule has 1 unspecified atom stereocenters. The van der Waals surface area contributed by atoms with E-state index >= 15 is 0 Å². The number of terminal acetylenes is 1. The summed E-state index contributed by atoms with van der Waals surface area (Å²) >= 11 is 0. The van der Waals surface area contributed by atoms with Gasteiger partial charge < -0.3 is 63.2 Å². The molecule has 3 aromatic rings. The van der Waals surface area contributed by atoms with Crippen molar-refractivity contribution in [3.05, 3.63) is 60.4 Å². The van der Waals surface area contributed by atoms with Crippen molar-refractivity contribution < 1.29 is 58.0 Å². The molecule has 19 atom stereocenters. The van der Waals surface area contributed by atoms with Crippen LogP contribution in [0.3, 0.4) is 0 Å². The Morgan fingerprint density at radius 1 is 1.03 bits per heavy atom. The smallest absolute Gasteiger partial charge is 0.309 e. The van der Waals surface area contributed by atoms with Gasteiger partial charge in [0.2, 0.25) is 0 Å². The van der Waals surface area contributed by atoms with Crippen molar-refractivity contribution in [1.82, 2.24) is 34.3 Å². The molecule has 4 N–H and O–H groups in total. The molecule has 0 saturated carbocycles. The SMILES string of the molecule is C#C[C@@]1(O)C[C@@H](C)CN(C)[C@H](C)[C@@H](O)[C@](C)(O)[C@@H](CC)OC(=O)[C@H](C)[C@@H](C2C[C@@](C)(OC)[C@@H](O)[C@H](C)O2)[C@H](C)[C@H]1O[C@H]1C[C@@H](N(C)CCc2cn([C@H](CF)[C@H](OC)c3ccc(-n4ccnc4)cc3)nn2)C[C@@H](C)O1. The van der Waals surface area contributed by atoms with E-state index < -0.39 is 108 Å². The Kier molecular flexibility index (Phi) is 20.1. The molecule has 3 aliphatic heterocycles. The summed E-state index contributed by atoms with van der Waals surface area (Å²) in [7, 11) is 6.94. The highest BCUT2D eigenvalue weighted by Crippen LogP contribution is 2.45. The molecule has 0 radical (unpaired) electrons. The first kappa shape index (κ1) is 59.3. The molecule has 3 saturated heterocycles. The first-order chi connectivity index (χ1) is 34.9. The number of carbonyl (C=O) groups excluding carboxylic acids is 1. The van der Waals surface area contributed by atoms with Gasteiger partial charge in [0.25, 0.3) is 0 Å². The second kappa shape index (κ2) is 25.0. The molecule has 5 heterocycles. The molecule has 414 valence electrons. The van der Waals surface area contributed by atoms with E-state index in [-0.39, 0.29) is 37.3 Å². The van der Waals surface area contributed by atoms with E-state index in [2.05, 4.69) is 26.1 Å². The largest absolute Gasteiger partial charge is 0.459 e. The summed E-state index contributed by atoms with van der Waals surface area (Å²) in [5, 5.41) is 56.8. The van der Waals surface area contributed by atoms with Crippen LogP contribution in [-0.2, 0) is 39.6 Å². The monoisotopic (exact) mass is 1040 g/mol. The van der Waals surface area contributed by atoms with Crippen LogP contribution in [0.2, 0.25) is 0 Å². The number of imidazole rings is 1. The predicted molar refractivity (Wildman–Crippen MR) is 276 cm³/mol. The number of benzene rings is 1. The summed E-state index contributed by atoms with van der Waals surface area (Å²) in [6.07, 6.45) is 7.82. The normalized spacial score (nSPS) is 38.1. The zero-order chi connectivity index (χ0) is 54.4. The van der Waals surface area contributed by atoms with Crippen LogP contribution in [0.15, 0.2) is 49.2 Å². The second-order valence-corrected chi connectivity index (χ2v) is 22.3. The van der Waals surface area contributed by atoms with Crippen molar-refractivity contribution in [2.45, 2.75) is 191 Å². The lowest BCUT2D eigenvalue weighted by Gasteiger charge is -2.51. The lowest BCUT2D eigenvalue weighted by Crippen LogP contribution is -2.61. The molecule has 3 fully saturated rings. The van der Waals surface area contributed by atoms with Gasteiger partial charge in [-0.2, -0.15) is 0 Å².